The third-order valence-electron chi connectivity index (χ3n) is 5.08. The van der Waals surface area contributed by atoms with Gasteiger partial charge in [-0.1, -0.05) is 20.3 Å². The highest BCUT2D eigenvalue weighted by atomic mass is 16.5. The summed E-state index contributed by atoms with van der Waals surface area (Å²) >= 11 is 0. The van der Waals surface area contributed by atoms with Gasteiger partial charge >= 0.3 is 0 Å². The lowest BCUT2D eigenvalue weighted by Gasteiger charge is -2.33. The minimum Gasteiger partial charge on any atom is -0.378 e. The van der Waals surface area contributed by atoms with Crippen molar-refractivity contribution in [2.45, 2.75) is 71.5 Å². The number of hydrogen-bond donors (Lipinski definition) is 1. The van der Waals surface area contributed by atoms with Crippen molar-refractivity contribution in [2.24, 2.45) is 11.3 Å². The largest absolute Gasteiger partial charge is 0.378 e. The van der Waals surface area contributed by atoms with Crippen molar-refractivity contribution in [1.82, 2.24) is 5.32 Å². The van der Waals surface area contributed by atoms with Gasteiger partial charge in [-0.15, -0.1) is 0 Å². The van der Waals surface area contributed by atoms with Crippen LogP contribution in [0.15, 0.2) is 0 Å². The fraction of sp³-hybridized carbons (Fsp3) is 1.00. The molecule has 2 heterocycles. The maximum Gasteiger partial charge on any atom is 0.0616 e. The van der Waals surface area contributed by atoms with Crippen LogP contribution in [0.5, 0.6) is 0 Å². The van der Waals surface area contributed by atoms with Crippen LogP contribution in [0.4, 0.5) is 0 Å². The first kappa shape index (κ1) is 16.3. The van der Waals surface area contributed by atoms with E-state index < -0.39 is 0 Å². The van der Waals surface area contributed by atoms with E-state index in [-0.39, 0.29) is 0 Å². The van der Waals surface area contributed by atoms with Crippen LogP contribution >= 0.6 is 0 Å². The van der Waals surface area contributed by atoms with E-state index in [1.165, 1.54) is 38.5 Å². The molecular formula is C17H33NO2. The molecule has 20 heavy (non-hydrogen) atoms. The standard InChI is InChI=1S/C17H33NO2/c1-14(2)12-18-13-17(9-11-19-15(17)3)8-4-6-16-7-5-10-20-16/h14-16,18H,4-13H2,1-3H3. The maximum atomic E-state index is 5.88. The second kappa shape index (κ2) is 7.77. The molecule has 0 aromatic carbocycles. The van der Waals surface area contributed by atoms with Gasteiger partial charge in [0, 0.05) is 25.2 Å². The van der Waals surface area contributed by atoms with Gasteiger partial charge in [-0.3, -0.25) is 0 Å². The minimum absolute atomic E-state index is 0.355. The van der Waals surface area contributed by atoms with Gasteiger partial charge in [0.2, 0.25) is 0 Å². The third kappa shape index (κ3) is 4.44. The Hall–Kier alpha value is -0.120. The molecule has 3 atom stereocenters. The summed E-state index contributed by atoms with van der Waals surface area (Å²) in [6, 6.07) is 0. The van der Waals surface area contributed by atoms with Crippen LogP contribution in [0.2, 0.25) is 0 Å². The Morgan fingerprint density at radius 1 is 1.25 bits per heavy atom. The van der Waals surface area contributed by atoms with Gasteiger partial charge in [-0.2, -0.15) is 0 Å². The molecule has 3 nitrogen and oxygen atoms in total. The van der Waals surface area contributed by atoms with Crippen molar-refractivity contribution in [3.63, 3.8) is 0 Å². The Labute approximate surface area is 124 Å². The van der Waals surface area contributed by atoms with Crippen molar-refractivity contribution in [3.8, 4) is 0 Å². The Bertz CT molecular complexity index is 276. The molecule has 2 fully saturated rings. The van der Waals surface area contributed by atoms with Crippen LogP contribution in [0.3, 0.4) is 0 Å². The molecule has 0 spiro atoms. The molecule has 3 unspecified atom stereocenters. The summed E-state index contributed by atoms with van der Waals surface area (Å²) in [6.45, 7) is 10.9. The number of rotatable bonds is 8. The van der Waals surface area contributed by atoms with E-state index in [0.717, 1.165) is 32.2 Å². The van der Waals surface area contributed by atoms with Crippen LogP contribution in [-0.2, 0) is 9.47 Å². The Kier molecular flexibility index (Phi) is 6.31. The number of ether oxygens (including phenoxy) is 2. The first-order valence-corrected chi connectivity index (χ1v) is 8.56. The van der Waals surface area contributed by atoms with E-state index in [9.17, 15) is 0 Å². The molecule has 0 amide bonds. The quantitative estimate of drug-likeness (QED) is 0.741. The van der Waals surface area contributed by atoms with Crippen LogP contribution in [0, 0.1) is 11.3 Å². The summed E-state index contributed by atoms with van der Waals surface area (Å²) in [6.07, 6.45) is 8.46. The van der Waals surface area contributed by atoms with E-state index >= 15 is 0 Å². The van der Waals surface area contributed by atoms with E-state index in [2.05, 4.69) is 26.1 Å². The molecular weight excluding hydrogens is 250 g/mol. The highest BCUT2D eigenvalue weighted by Gasteiger charge is 2.40. The van der Waals surface area contributed by atoms with E-state index in [4.69, 9.17) is 9.47 Å². The number of nitrogens with one attached hydrogen (secondary N) is 1. The zero-order valence-electron chi connectivity index (χ0n) is 13.6. The van der Waals surface area contributed by atoms with Gasteiger partial charge in [0.1, 0.15) is 0 Å². The lowest BCUT2D eigenvalue weighted by atomic mass is 9.76. The predicted molar refractivity (Wildman–Crippen MR) is 83.0 cm³/mol. The molecule has 2 aliphatic rings. The highest BCUT2D eigenvalue weighted by molar-refractivity contribution is 4.91. The van der Waals surface area contributed by atoms with E-state index in [1.54, 1.807) is 0 Å². The van der Waals surface area contributed by atoms with Gasteiger partial charge in [-0.05, 0) is 51.5 Å². The zero-order valence-corrected chi connectivity index (χ0v) is 13.6. The monoisotopic (exact) mass is 283 g/mol. The molecule has 2 saturated heterocycles. The minimum atomic E-state index is 0.355. The van der Waals surface area contributed by atoms with Gasteiger partial charge in [0.05, 0.1) is 12.2 Å². The molecule has 0 saturated carbocycles. The summed E-state index contributed by atoms with van der Waals surface area (Å²) in [5.41, 5.74) is 0.355. The van der Waals surface area contributed by atoms with Crippen molar-refractivity contribution in [3.05, 3.63) is 0 Å². The lowest BCUT2D eigenvalue weighted by molar-refractivity contribution is 0.0513. The number of hydrogen-bond acceptors (Lipinski definition) is 3. The zero-order chi connectivity index (χ0) is 14.4. The van der Waals surface area contributed by atoms with E-state index in [0.29, 0.717) is 17.6 Å². The Balaban J connectivity index is 1.76. The molecule has 1 N–H and O–H groups in total. The average molecular weight is 283 g/mol. The predicted octanol–water partition coefficient (Wildman–Crippen LogP) is 3.38. The maximum absolute atomic E-state index is 5.88. The molecule has 0 aromatic heterocycles. The normalized spacial score (nSPS) is 34.2. The molecule has 0 aliphatic carbocycles. The molecule has 3 heteroatoms. The topological polar surface area (TPSA) is 30.5 Å². The van der Waals surface area contributed by atoms with Crippen molar-refractivity contribution >= 4 is 0 Å². The molecule has 118 valence electrons. The summed E-state index contributed by atoms with van der Waals surface area (Å²) in [4.78, 5) is 0. The molecule has 2 rings (SSSR count). The first-order chi connectivity index (χ1) is 9.62. The van der Waals surface area contributed by atoms with E-state index in [1.807, 2.05) is 0 Å². The summed E-state index contributed by atoms with van der Waals surface area (Å²) in [5.74, 6) is 0.719. The van der Waals surface area contributed by atoms with Gasteiger partial charge in [0.25, 0.3) is 0 Å². The third-order valence-corrected chi connectivity index (χ3v) is 5.08. The summed E-state index contributed by atoms with van der Waals surface area (Å²) < 4.78 is 11.6. The van der Waals surface area contributed by atoms with Gasteiger partial charge in [0.15, 0.2) is 0 Å². The fourth-order valence-corrected chi connectivity index (χ4v) is 3.63. The molecule has 2 aliphatic heterocycles. The molecule has 0 radical (unpaired) electrons. The smallest absolute Gasteiger partial charge is 0.0616 e. The lowest BCUT2D eigenvalue weighted by Crippen LogP contribution is -2.40. The van der Waals surface area contributed by atoms with Gasteiger partial charge in [-0.25, -0.2) is 0 Å². The van der Waals surface area contributed by atoms with Crippen molar-refractivity contribution in [1.29, 1.82) is 0 Å². The van der Waals surface area contributed by atoms with Crippen LogP contribution < -0.4 is 5.32 Å². The Morgan fingerprint density at radius 3 is 2.70 bits per heavy atom. The van der Waals surface area contributed by atoms with Crippen LogP contribution in [0.1, 0.15) is 59.3 Å². The van der Waals surface area contributed by atoms with Crippen LogP contribution in [-0.4, -0.2) is 38.5 Å². The van der Waals surface area contributed by atoms with Gasteiger partial charge < -0.3 is 14.8 Å². The summed E-state index contributed by atoms with van der Waals surface area (Å²) in [7, 11) is 0. The Morgan fingerprint density at radius 2 is 2.10 bits per heavy atom. The highest BCUT2D eigenvalue weighted by Crippen LogP contribution is 2.39. The van der Waals surface area contributed by atoms with Crippen LogP contribution in [0.25, 0.3) is 0 Å². The van der Waals surface area contributed by atoms with Crippen molar-refractivity contribution < 1.29 is 9.47 Å². The second-order valence-corrected chi connectivity index (χ2v) is 7.18. The average Bonchev–Trinajstić information content (AvgIpc) is 3.01. The molecule has 0 bridgehead atoms. The second-order valence-electron chi connectivity index (χ2n) is 7.18. The SMILES string of the molecule is CC(C)CNCC1(CCCC2CCCO2)CCOC1C. The molecule has 0 aromatic rings. The first-order valence-electron chi connectivity index (χ1n) is 8.56. The fourth-order valence-electron chi connectivity index (χ4n) is 3.63. The van der Waals surface area contributed by atoms with Crippen molar-refractivity contribution in [2.75, 3.05) is 26.3 Å². The summed E-state index contributed by atoms with van der Waals surface area (Å²) in [5, 5.41) is 3.67.